The van der Waals surface area contributed by atoms with Crippen molar-refractivity contribution in [3.8, 4) is 0 Å². The van der Waals surface area contributed by atoms with E-state index in [4.69, 9.17) is 0 Å². The monoisotopic (exact) mass is 208 g/mol. The van der Waals surface area contributed by atoms with E-state index < -0.39 is 0 Å². The van der Waals surface area contributed by atoms with E-state index in [1.165, 1.54) is 51.4 Å². The minimum Gasteiger partial charge on any atom is -0.0654 e. The molecule has 0 heteroatoms. The molecule has 0 amide bonds. The van der Waals surface area contributed by atoms with E-state index >= 15 is 0 Å². The SMILES string of the molecule is CCCC1CCC2CCCC(C)(CC1)C2. The third kappa shape index (κ3) is 2.98. The van der Waals surface area contributed by atoms with Gasteiger partial charge in [-0.05, 0) is 42.9 Å². The Bertz CT molecular complexity index is 196. The molecule has 2 saturated carbocycles. The molecule has 0 aromatic heterocycles. The molecule has 2 bridgehead atoms. The smallest absolute Gasteiger partial charge is 0.0323 e. The molecule has 0 aromatic rings. The van der Waals surface area contributed by atoms with Gasteiger partial charge in [0.25, 0.3) is 0 Å². The van der Waals surface area contributed by atoms with E-state index in [0.29, 0.717) is 0 Å². The van der Waals surface area contributed by atoms with Crippen molar-refractivity contribution in [3.05, 3.63) is 0 Å². The van der Waals surface area contributed by atoms with Gasteiger partial charge in [-0.15, -0.1) is 0 Å². The second kappa shape index (κ2) is 4.89. The molecule has 3 unspecified atom stereocenters. The van der Waals surface area contributed by atoms with Crippen molar-refractivity contribution >= 4 is 0 Å². The van der Waals surface area contributed by atoms with Crippen LogP contribution in [0.3, 0.4) is 0 Å². The molecule has 2 fully saturated rings. The summed E-state index contributed by atoms with van der Waals surface area (Å²) >= 11 is 0. The van der Waals surface area contributed by atoms with Crippen molar-refractivity contribution in [2.45, 2.75) is 78.1 Å². The van der Waals surface area contributed by atoms with Gasteiger partial charge in [0.1, 0.15) is 0 Å². The van der Waals surface area contributed by atoms with Crippen LogP contribution in [0.25, 0.3) is 0 Å². The van der Waals surface area contributed by atoms with Crippen LogP contribution in [-0.4, -0.2) is 0 Å². The van der Waals surface area contributed by atoms with Crippen LogP contribution >= 0.6 is 0 Å². The van der Waals surface area contributed by atoms with Gasteiger partial charge in [-0.2, -0.15) is 0 Å². The number of rotatable bonds is 2. The zero-order valence-electron chi connectivity index (χ0n) is 10.7. The lowest BCUT2D eigenvalue weighted by Crippen LogP contribution is -2.29. The Morgan fingerprint density at radius 3 is 2.73 bits per heavy atom. The van der Waals surface area contributed by atoms with Gasteiger partial charge < -0.3 is 0 Å². The van der Waals surface area contributed by atoms with Crippen LogP contribution in [0.15, 0.2) is 0 Å². The van der Waals surface area contributed by atoms with Crippen molar-refractivity contribution in [3.63, 3.8) is 0 Å². The van der Waals surface area contributed by atoms with Gasteiger partial charge in [-0.25, -0.2) is 0 Å². The van der Waals surface area contributed by atoms with Crippen molar-refractivity contribution in [1.82, 2.24) is 0 Å². The lowest BCUT2D eigenvalue weighted by molar-refractivity contribution is 0.104. The molecule has 2 aliphatic carbocycles. The van der Waals surface area contributed by atoms with Gasteiger partial charge in [0, 0.05) is 0 Å². The third-order valence-electron chi connectivity index (χ3n) is 5.01. The Balaban J connectivity index is 1.95. The average molecular weight is 208 g/mol. The molecule has 0 nitrogen and oxygen atoms in total. The molecule has 15 heavy (non-hydrogen) atoms. The molecule has 2 rings (SSSR count). The number of fused-ring (bicyclic) bond motifs is 2. The Labute approximate surface area is 95.8 Å². The molecule has 0 saturated heterocycles. The maximum atomic E-state index is 2.56. The van der Waals surface area contributed by atoms with E-state index in [1.54, 1.807) is 12.8 Å². The molecule has 0 heterocycles. The van der Waals surface area contributed by atoms with E-state index in [1.807, 2.05) is 0 Å². The standard InChI is InChI=1S/C15H28/c1-3-5-13-7-8-14-6-4-10-15(2,12-14)11-9-13/h13-14H,3-12H2,1-2H3. The lowest BCUT2D eigenvalue weighted by Gasteiger charge is -2.41. The minimum absolute atomic E-state index is 0.731. The topological polar surface area (TPSA) is 0 Å². The maximum Gasteiger partial charge on any atom is -0.0323 e. The summed E-state index contributed by atoms with van der Waals surface area (Å²) in [5.41, 5.74) is 0.731. The predicted molar refractivity (Wildman–Crippen MR) is 66.9 cm³/mol. The van der Waals surface area contributed by atoms with E-state index in [9.17, 15) is 0 Å². The molecule has 3 atom stereocenters. The summed E-state index contributed by atoms with van der Waals surface area (Å²) in [4.78, 5) is 0. The fraction of sp³-hybridized carbons (Fsp3) is 1.00. The summed E-state index contributed by atoms with van der Waals surface area (Å²) in [6, 6.07) is 0. The highest BCUT2D eigenvalue weighted by Crippen LogP contribution is 2.47. The highest BCUT2D eigenvalue weighted by Gasteiger charge is 2.34. The first kappa shape index (κ1) is 11.5. The molecule has 0 aromatic carbocycles. The first-order valence-corrected chi connectivity index (χ1v) is 7.22. The highest BCUT2D eigenvalue weighted by molar-refractivity contribution is 4.86. The zero-order valence-corrected chi connectivity index (χ0v) is 10.7. The van der Waals surface area contributed by atoms with Crippen LogP contribution in [-0.2, 0) is 0 Å². The summed E-state index contributed by atoms with van der Waals surface area (Å²) in [6.07, 6.45) is 15.1. The zero-order chi connectivity index (χ0) is 10.7. The van der Waals surface area contributed by atoms with Gasteiger partial charge in [0.2, 0.25) is 0 Å². The minimum atomic E-state index is 0.731. The number of hydrogen-bond acceptors (Lipinski definition) is 0. The van der Waals surface area contributed by atoms with Crippen LogP contribution in [0.2, 0.25) is 0 Å². The highest BCUT2D eigenvalue weighted by atomic mass is 14.4. The number of hydrogen-bond donors (Lipinski definition) is 0. The summed E-state index contributed by atoms with van der Waals surface area (Å²) in [5, 5.41) is 0. The second-order valence-electron chi connectivity index (χ2n) is 6.54. The third-order valence-corrected chi connectivity index (χ3v) is 5.01. The first-order valence-electron chi connectivity index (χ1n) is 7.22. The molecule has 0 aliphatic heterocycles. The Morgan fingerprint density at radius 2 is 1.93 bits per heavy atom. The van der Waals surface area contributed by atoms with Crippen LogP contribution in [0.4, 0.5) is 0 Å². The average Bonchev–Trinajstić information content (AvgIpc) is 2.21. The first-order chi connectivity index (χ1) is 7.22. The van der Waals surface area contributed by atoms with Crippen molar-refractivity contribution in [2.24, 2.45) is 17.3 Å². The molecule has 0 spiro atoms. The Hall–Kier alpha value is 0. The van der Waals surface area contributed by atoms with E-state index in [2.05, 4.69) is 13.8 Å². The summed E-state index contributed by atoms with van der Waals surface area (Å²) < 4.78 is 0. The molecule has 0 N–H and O–H groups in total. The summed E-state index contributed by atoms with van der Waals surface area (Å²) in [6.45, 7) is 4.91. The van der Waals surface area contributed by atoms with E-state index in [0.717, 1.165) is 17.3 Å². The predicted octanol–water partition coefficient (Wildman–Crippen LogP) is 5.17. The fourth-order valence-electron chi connectivity index (χ4n) is 4.06. The van der Waals surface area contributed by atoms with Gasteiger partial charge in [-0.1, -0.05) is 52.4 Å². The lowest BCUT2D eigenvalue weighted by atomic mass is 9.64. The van der Waals surface area contributed by atoms with Gasteiger partial charge in [-0.3, -0.25) is 0 Å². The molecular weight excluding hydrogens is 180 g/mol. The quantitative estimate of drug-likeness (QED) is 0.587. The van der Waals surface area contributed by atoms with Crippen LogP contribution in [0.1, 0.15) is 78.1 Å². The normalized spacial score (nSPS) is 42.0. The Kier molecular flexibility index (Phi) is 3.74. The second-order valence-corrected chi connectivity index (χ2v) is 6.54. The Morgan fingerprint density at radius 1 is 1.07 bits per heavy atom. The van der Waals surface area contributed by atoms with Crippen molar-refractivity contribution in [1.29, 1.82) is 0 Å². The van der Waals surface area contributed by atoms with Crippen LogP contribution in [0, 0.1) is 17.3 Å². The molecule has 0 radical (unpaired) electrons. The van der Waals surface area contributed by atoms with Gasteiger partial charge in [0.15, 0.2) is 0 Å². The summed E-state index contributed by atoms with van der Waals surface area (Å²) in [5.74, 6) is 2.15. The van der Waals surface area contributed by atoms with Crippen molar-refractivity contribution < 1.29 is 0 Å². The van der Waals surface area contributed by atoms with Crippen molar-refractivity contribution in [2.75, 3.05) is 0 Å². The molecule has 88 valence electrons. The van der Waals surface area contributed by atoms with Crippen LogP contribution in [0.5, 0.6) is 0 Å². The van der Waals surface area contributed by atoms with Crippen LogP contribution < -0.4 is 0 Å². The summed E-state index contributed by atoms with van der Waals surface area (Å²) in [7, 11) is 0. The van der Waals surface area contributed by atoms with E-state index in [-0.39, 0.29) is 0 Å². The molecule has 2 aliphatic rings. The molecular formula is C15H28. The van der Waals surface area contributed by atoms with Gasteiger partial charge >= 0.3 is 0 Å². The largest absolute Gasteiger partial charge is 0.0654 e. The van der Waals surface area contributed by atoms with Gasteiger partial charge in [0.05, 0.1) is 0 Å². The maximum absolute atomic E-state index is 2.56. The fourth-order valence-corrected chi connectivity index (χ4v) is 4.06.